The normalized spacial score (nSPS) is 17.8. The smallest absolute Gasteiger partial charge is 0.236 e. The number of carbonyl (C=O) groups is 1. The summed E-state index contributed by atoms with van der Waals surface area (Å²) in [6.45, 7) is 1.92. The number of thioether (sulfide) groups is 1. The van der Waals surface area contributed by atoms with Crippen LogP contribution in [0.2, 0.25) is 0 Å². The van der Waals surface area contributed by atoms with Crippen molar-refractivity contribution in [2.24, 2.45) is 10.2 Å². The SMILES string of the molecule is CC(=N/N=C1/NC(=O)CS1)c1cccc2ccccc12. The van der Waals surface area contributed by atoms with Gasteiger partial charge in [-0.3, -0.25) is 4.79 Å². The Bertz CT molecular complexity index is 731. The van der Waals surface area contributed by atoms with Crippen molar-refractivity contribution >= 4 is 39.3 Å². The molecule has 5 heteroatoms. The second-order valence-electron chi connectivity index (χ2n) is 4.45. The van der Waals surface area contributed by atoms with Crippen LogP contribution in [0.25, 0.3) is 10.8 Å². The molecule has 0 saturated carbocycles. The van der Waals surface area contributed by atoms with Gasteiger partial charge in [0.1, 0.15) is 0 Å². The molecule has 0 unspecified atom stereocenters. The summed E-state index contributed by atoms with van der Waals surface area (Å²) in [6.07, 6.45) is 0. The zero-order valence-electron chi connectivity index (χ0n) is 11.0. The van der Waals surface area contributed by atoms with Crippen molar-refractivity contribution in [3.05, 3.63) is 48.0 Å². The zero-order chi connectivity index (χ0) is 13.9. The maximum absolute atomic E-state index is 11.1. The van der Waals surface area contributed by atoms with E-state index < -0.39 is 0 Å². The monoisotopic (exact) mass is 283 g/mol. The van der Waals surface area contributed by atoms with E-state index in [1.807, 2.05) is 31.2 Å². The molecular formula is C15H13N3OS. The maximum Gasteiger partial charge on any atom is 0.236 e. The highest BCUT2D eigenvalue weighted by Crippen LogP contribution is 2.19. The number of amides is 1. The Morgan fingerprint density at radius 1 is 1.20 bits per heavy atom. The molecule has 0 aliphatic carbocycles. The van der Waals surface area contributed by atoms with Gasteiger partial charge in [-0.1, -0.05) is 54.2 Å². The molecular weight excluding hydrogens is 270 g/mol. The van der Waals surface area contributed by atoms with Crippen LogP contribution in [0.5, 0.6) is 0 Å². The third kappa shape index (κ3) is 2.58. The fraction of sp³-hybridized carbons (Fsp3) is 0.133. The van der Waals surface area contributed by atoms with Gasteiger partial charge in [-0.25, -0.2) is 0 Å². The lowest BCUT2D eigenvalue weighted by Crippen LogP contribution is -2.19. The summed E-state index contributed by atoms with van der Waals surface area (Å²) < 4.78 is 0. The second kappa shape index (κ2) is 5.46. The molecule has 2 aromatic carbocycles. The Kier molecular flexibility index (Phi) is 3.52. The van der Waals surface area contributed by atoms with Crippen LogP contribution in [0.1, 0.15) is 12.5 Å². The minimum absolute atomic E-state index is 0.0215. The molecule has 1 amide bonds. The third-order valence-electron chi connectivity index (χ3n) is 3.06. The molecule has 1 heterocycles. The molecule has 100 valence electrons. The quantitative estimate of drug-likeness (QED) is 0.680. The summed E-state index contributed by atoms with van der Waals surface area (Å²) in [4.78, 5) is 11.1. The molecule has 0 aromatic heterocycles. The standard InChI is InChI=1S/C15H13N3OS/c1-10(17-18-15-16-14(19)9-20-15)12-8-4-6-11-5-2-3-7-13(11)12/h2-8H,9H2,1H3,(H,16,18,19). The van der Waals surface area contributed by atoms with Crippen LogP contribution >= 0.6 is 11.8 Å². The van der Waals surface area contributed by atoms with E-state index >= 15 is 0 Å². The second-order valence-corrected chi connectivity index (χ2v) is 5.42. The molecule has 0 bridgehead atoms. The molecule has 4 nitrogen and oxygen atoms in total. The Morgan fingerprint density at radius 3 is 2.80 bits per heavy atom. The Balaban J connectivity index is 1.96. The first-order chi connectivity index (χ1) is 9.74. The highest BCUT2D eigenvalue weighted by atomic mass is 32.2. The van der Waals surface area contributed by atoms with Crippen LogP contribution in [-0.4, -0.2) is 22.5 Å². The lowest BCUT2D eigenvalue weighted by atomic mass is 10.0. The molecule has 0 atom stereocenters. The number of rotatable bonds is 2. The molecule has 1 fully saturated rings. The number of benzene rings is 2. The minimum Gasteiger partial charge on any atom is -0.303 e. The summed E-state index contributed by atoms with van der Waals surface area (Å²) in [5.74, 6) is 0.397. The lowest BCUT2D eigenvalue weighted by molar-refractivity contribution is -0.116. The molecule has 3 rings (SSSR count). The van der Waals surface area contributed by atoms with Crippen molar-refractivity contribution < 1.29 is 4.79 Å². The van der Waals surface area contributed by atoms with Gasteiger partial charge in [0.2, 0.25) is 5.91 Å². The van der Waals surface area contributed by atoms with E-state index in [0.29, 0.717) is 10.9 Å². The van der Waals surface area contributed by atoms with Gasteiger partial charge in [0.15, 0.2) is 5.17 Å². The van der Waals surface area contributed by atoms with Crippen molar-refractivity contribution in [3.8, 4) is 0 Å². The van der Waals surface area contributed by atoms with E-state index in [-0.39, 0.29) is 5.91 Å². The average Bonchev–Trinajstić information content (AvgIpc) is 2.90. The maximum atomic E-state index is 11.1. The van der Waals surface area contributed by atoms with E-state index in [9.17, 15) is 4.79 Å². The van der Waals surface area contributed by atoms with Gasteiger partial charge in [-0.2, -0.15) is 5.10 Å². The predicted molar refractivity (Wildman–Crippen MR) is 84.2 cm³/mol. The summed E-state index contributed by atoms with van der Waals surface area (Å²) >= 11 is 1.37. The number of hydrogen-bond acceptors (Lipinski definition) is 4. The largest absolute Gasteiger partial charge is 0.303 e. The van der Waals surface area contributed by atoms with Gasteiger partial charge in [0, 0.05) is 5.56 Å². The topological polar surface area (TPSA) is 53.8 Å². The van der Waals surface area contributed by atoms with Crippen LogP contribution in [0.4, 0.5) is 0 Å². The number of carbonyl (C=O) groups excluding carboxylic acids is 1. The van der Waals surface area contributed by atoms with Crippen LogP contribution in [-0.2, 0) is 4.79 Å². The molecule has 0 spiro atoms. The lowest BCUT2D eigenvalue weighted by Gasteiger charge is -2.04. The van der Waals surface area contributed by atoms with E-state index in [4.69, 9.17) is 0 Å². The summed E-state index contributed by atoms with van der Waals surface area (Å²) in [5, 5.41) is 13.9. The number of amidine groups is 1. The Hall–Kier alpha value is -2.14. The number of nitrogens with zero attached hydrogens (tertiary/aromatic N) is 2. The van der Waals surface area contributed by atoms with Crippen molar-refractivity contribution in [1.29, 1.82) is 0 Å². The Labute approximate surface area is 121 Å². The van der Waals surface area contributed by atoms with Gasteiger partial charge in [-0.15, -0.1) is 5.10 Å². The van der Waals surface area contributed by atoms with Crippen LogP contribution < -0.4 is 5.32 Å². The minimum atomic E-state index is -0.0215. The molecule has 1 N–H and O–H groups in total. The van der Waals surface area contributed by atoms with E-state index in [1.165, 1.54) is 17.1 Å². The summed E-state index contributed by atoms with van der Waals surface area (Å²) in [7, 11) is 0. The summed E-state index contributed by atoms with van der Waals surface area (Å²) in [6, 6.07) is 14.3. The molecule has 1 aliphatic rings. The highest BCUT2D eigenvalue weighted by molar-refractivity contribution is 8.15. The average molecular weight is 283 g/mol. The van der Waals surface area contributed by atoms with Crippen molar-refractivity contribution in [2.75, 3.05) is 5.75 Å². The molecule has 2 aromatic rings. The van der Waals surface area contributed by atoms with Crippen molar-refractivity contribution in [1.82, 2.24) is 5.32 Å². The Morgan fingerprint density at radius 2 is 2.00 bits per heavy atom. The first-order valence-corrected chi connectivity index (χ1v) is 7.25. The van der Waals surface area contributed by atoms with Crippen molar-refractivity contribution in [3.63, 3.8) is 0 Å². The fourth-order valence-electron chi connectivity index (χ4n) is 2.09. The van der Waals surface area contributed by atoms with Crippen LogP contribution in [0.3, 0.4) is 0 Å². The number of hydrogen-bond donors (Lipinski definition) is 1. The summed E-state index contributed by atoms with van der Waals surface area (Å²) in [5.41, 5.74) is 1.89. The van der Waals surface area contributed by atoms with E-state index in [2.05, 4.69) is 33.7 Å². The highest BCUT2D eigenvalue weighted by Gasteiger charge is 2.16. The van der Waals surface area contributed by atoms with Gasteiger partial charge in [-0.05, 0) is 17.7 Å². The predicted octanol–water partition coefficient (Wildman–Crippen LogP) is 2.78. The fourth-order valence-corrected chi connectivity index (χ4v) is 2.72. The van der Waals surface area contributed by atoms with E-state index in [1.54, 1.807) is 0 Å². The van der Waals surface area contributed by atoms with Gasteiger partial charge >= 0.3 is 0 Å². The molecule has 0 radical (unpaired) electrons. The zero-order valence-corrected chi connectivity index (χ0v) is 11.8. The van der Waals surface area contributed by atoms with Gasteiger partial charge < -0.3 is 5.32 Å². The molecule has 1 aliphatic heterocycles. The van der Waals surface area contributed by atoms with Crippen LogP contribution in [0.15, 0.2) is 52.7 Å². The first-order valence-electron chi connectivity index (χ1n) is 6.27. The molecule has 1 saturated heterocycles. The van der Waals surface area contributed by atoms with Crippen molar-refractivity contribution in [2.45, 2.75) is 6.92 Å². The third-order valence-corrected chi connectivity index (χ3v) is 3.92. The number of nitrogens with one attached hydrogen (secondary N) is 1. The van der Waals surface area contributed by atoms with Gasteiger partial charge in [0.25, 0.3) is 0 Å². The van der Waals surface area contributed by atoms with Crippen LogP contribution in [0, 0.1) is 0 Å². The molecule has 20 heavy (non-hydrogen) atoms. The van der Waals surface area contributed by atoms with E-state index in [0.717, 1.165) is 16.7 Å². The first kappa shape index (κ1) is 12.9. The van der Waals surface area contributed by atoms with Gasteiger partial charge in [0.05, 0.1) is 11.5 Å². The number of fused-ring (bicyclic) bond motifs is 1.